The summed E-state index contributed by atoms with van der Waals surface area (Å²) in [6, 6.07) is 0. The van der Waals surface area contributed by atoms with Crippen LogP contribution in [0.15, 0.2) is 72.9 Å². The van der Waals surface area contributed by atoms with Crippen LogP contribution in [0.25, 0.3) is 0 Å². The lowest BCUT2D eigenvalue weighted by molar-refractivity contribution is -0.199. The Kier molecular flexibility index (Phi) is 23.4. The van der Waals surface area contributed by atoms with Crippen molar-refractivity contribution < 1.29 is 61.9 Å². The molecule has 13 nitrogen and oxygen atoms in total. The van der Waals surface area contributed by atoms with Gasteiger partial charge in [-0.15, -0.1) is 0 Å². The van der Waals surface area contributed by atoms with Gasteiger partial charge < -0.3 is 33.2 Å². The highest BCUT2D eigenvalue weighted by atomic mass is 16.6. The van der Waals surface area contributed by atoms with E-state index in [1.165, 1.54) is 103 Å². The van der Waals surface area contributed by atoms with Crippen molar-refractivity contribution in [2.24, 2.45) is 65.1 Å². The van der Waals surface area contributed by atoms with Crippen molar-refractivity contribution in [3.8, 4) is 0 Å². The number of esters is 6. The van der Waals surface area contributed by atoms with Gasteiger partial charge in [0.15, 0.2) is 0 Å². The number of hydrogen-bond acceptors (Lipinski definition) is 13. The number of rotatable bonds is 13. The summed E-state index contributed by atoms with van der Waals surface area (Å²) in [6.07, 6.45) is 26.8. The quantitative estimate of drug-likeness (QED) is 0.0972. The number of fused-ring (bicyclic) bond motifs is 6. The Bertz CT molecular complexity index is 2350. The molecule has 458 valence electrons. The molecule has 0 aromatic rings. The average molecular weight is 1140 g/mol. The van der Waals surface area contributed by atoms with Gasteiger partial charge in [-0.05, 0) is 256 Å². The standard InChI is InChI=1S/C15H22O2.C14H20O2.C12H16O3.C12H20O2.C10H16O2.C6H10O2/c1-9(2)14(16)17-15(3)12-5-10-4-11(7-12)8-13(15)6-10;1-8(2)14(15)16-13-7-9-6-12(13)11-5-3-4-10(9)11;1-6(2)12(13)15-10-7-3-8-5-14-11(10)9(8)4-7;1-4-12(8-6-5-7-9-12)14-11(13)10(2)3;1-8(2)9(11)12-10(3)6-4-5-7-10;1-4-8-6(7)5(2)3/h10-13H,1,4-8H2,2-3H3;9-13H,1,3-7H2,2H3;7-11H,1,3-5H2,2H3;2,4-9H2,1,3H3;1,4-7H2,2-3H3;2,4H2,1,3H3. The van der Waals surface area contributed by atoms with Crippen LogP contribution >= 0.6 is 0 Å². The lowest BCUT2D eigenvalue weighted by Gasteiger charge is -2.59. The predicted octanol–water partition coefficient (Wildman–Crippen LogP) is 14.6. The molecule has 1 heterocycles. The minimum Gasteiger partial charge on any atom is -0.463 e. The van der Waals surface area contributed by atoms with E-state index in [0.29, 0.717) is 69.6 Å². The van der Waals surface area contributed by atoms with Gasteiger partial charge in [-0.1, -0.05) is 59.2 Å². The summed E-state index contributed by atoms with van der Waals surface area (Å²) in [7, 11) is 0. The van der Waals surface area contributed by atoms with Crippen LogP contribution < -0.4 is 0 Å². The predicted molar refractivity (Wildman–Crippen MR) is 318 cm³/mol. The number of hydrogen-bond donors (Lipinski definition) is 0. The molecular formula is C69H104O13. The lowest BCUT2D eigenvalue weighted by Crippen LogP contribution is -2.58. The third-order valence-electron chi connectivity index (χ3n) is 20.5. The second-order valence-corrected chi connectivity index (χ2v) is 27.2. The molecule has 11 aliphatic carbocycles. The maximum atomic E-state index is 11.8. The first-order valence-corrected chi connectivity index (χ1v) is 31.5. The van der Waals surface area contributed by atoms with Crippen molar-refractivity contribution in [2.75, 3.05) is 13.2 Å². The lowest BCUT2D eigenvalue weighted by atomic mass is 9.50. The Morgan fingerprint density at radius 2 is 0.951 bits per heavy atom. The van der Waals surface area contributed by atoms with Gasteiger partial charge in [0, 0.05) is 33.4 Å². The summed E-state index contributed by atoms with van der Waals surface area (Å²) in [5.74, 6) is 6.85. The topological polar surface area (TPSA) is 167 Å². The molecule has 0 amide bonds. The fourth-order valence-corrected chi connectivity index (χ4v) is 16.2. The van der Waals surface area contributed by atoms with Gasteiger partial charge in [0.05, 0.1) is 19.3 Å². The fourth-order valence-electron chi connectivity index (χ4n) is 16.2. The second-order valence-electron chi connectivity index (χ2n) is 27.2. The van der Waals surface area contributed by atoms with E-state index in [2.05, 4.69) is 58.1 Å². The first kappa shape index (κ1) is 66.4. The summed E-state index contributed by atoms with van der Waals surface area (Å²) in [5, 5.41) is 0. The van der Waals surface area contributed by atoms with Gasteiger partial charge in [-0.3, -0.25) is 0 Å². The second kappa shape index (κ2) is 28.9. The van der Waals surface area contributed by atoms with Gasteiger partial charge >= 0.3 is 35.8 Å². The maximum absolute atomic E-state index is 11.8. The van der Waals surface area contributed by atoms with Crippen molar-refractivity contribution in [1.82, 2.24) is 0 Å². The van der Waals surface area contributed by atoms with Gasteiger partial charge in [0.1, 0.15) is 29.0 Å². The van der Waals surface area contributed by atoms with E-state index in [-0.39, 0.29) is 70.9 Å². The van der Waals surface area contributed by atoms with Gasteiger partial charge in [-0.25, -0.2) is 28.8 Å². The Morgan fingerprint density at radius 3 is 1.46 bits per heavy atom. The zero-order chi connectivity index (χ0) is 60.4. The van der Waals surface area contributed by atoms with E-state index in [9.17, 15) is 28.8 Å². The van der Waals surface area contributed by atoms with Gasteiger partial charge in [0.2, 0.25) is 0 Å². The molecule has 12 rings (SSSR count). The SMILES string of the molecule is C=C(C)C(=O)OC1(C)C2CC3CC(C2)CC1C3.C=C(C)C(=O)OC1(C)CCCC1.C=C(C)C(=O)OC1(CC)CCCCC1.C=C(C)C(=O)OC1C2CC3COC1C3C2.C=C(C)C(=O)OC1CC2CC1C1CCCC21.C=C(C)C(=O)OCC. The van der Waals surface area contributed by atoms with Gasteiger partial charge in [0.25, 0.3) is 0 Å². The van der Waals surface area contributed by atoms with E-state index in [1.807, 2.05) is 6.92 Å². The van der Waals surface area contributed by atoms with E-state index < -0.39 is 0 Å². The number of carbonyl (C=O) groups excluding carboxylic acids is 6. The Hall–Kier alpha value is -4.78. The van der Waals surface area contributed by atoms with E-state index in [1.54, 1.807) is 48.5 Å². The molecule has 82 heavy (non-hydrogen) atoms. The highest BCUT2D eigenvalue weighted by Gasteiger charge is 2.60. The molecule has 0 N–H and O–H groups in total. The minimum atomic E-state index is -0.312. The normalized spacial score (nSPS) is 34.0. The van der Waals surface area contributed by atoms with Crippen LogP contribution in [0.2, 0.25) is 0 Å². The molecule has 1 saturated heterocycles. The zero-order valence-corrected chi connectivity index (χ0v) is 52.1. The molecule has 0 aromatic carbocycles. The Morgan fingerprint density at radius 1 is 0.463 bits per heavy atom. The average Bonchev–Trinajstić information content (AvgIpc) is 1.79. The molecule has 12 aliphatic rings. The smallest absolute Gasteiger partial charge is 0.333 e. The van der Waals surface area contributed by atoms with Crippen molar-refractivity contribution in [3.05, 3.63) is 72.9 Å². The first-order chi connectivity index (χ1) is 38.6. The molecule has 8 bridgehead atoms. The molecule has 0 radical (unpaired) electrons. The Balaban J connectivity index is 0.000000160. The van der Waals surface area contributed by atoms with Crippen molar-refractivity contribution in [1.29, 1.82) is 0 Å². The highest BCUT2D eigenvalue weighted by Crippen LogP contribution is 2.61. The van der Waals surface area contributed by atoms with Gasteiger partial charge in [-0.2, -0.15) is 0 Å². The summed E-state index contributed by atoms with van der Waals surface area (Å²) < 4.78 is 38.0. The maximum Gasteiger partial charge on any atom is 0.333 e. The molecular weight excluding hydrogens is 1040 g/mol. The number of carbonyl (C=O) groups is 6. The van der Waals surface area contributed by atoms with Crippen LogP contribution in [0.3, 0.4) is 0 Å². The van der Waals surface area contributed by atoms with Crippen molar-refractivity contribution >= 4 is 35.8 Å². The number of ether oxygens (including phenoxy) is 7. The third-order valence-corrected chi connectivity index (χ3v) is 20.5. The first-order valence-electron chi connectivity index (χ1n) is 31.5. The highest BCUT2D eigenvalue weighted by molar-refractivity contribution is 5.89. The van der Waals surface area contributed by atoms with Crippen molar-refractivity contribution in [2.45, 2.75) is 246 Å². The molecule has 10 unspecified atom stereocenters. The third kappa shape index (κ3) is 16.6. The summed E-state index contributed by atoms with van der Waals surface area (Å²) in [4.78, 5) is 67.9. The van der Waals surface area contributed by atoms with Crippen LogP contribution in [0.4, 0.5) is 0 Å². The van der Waals surface area contributed by atoms with Crippen LogP contribution in [0.5, 0.6) is 0 Å². The van der Waals surface area contributed by atoms with Crippen LogP contribution in [-0.4, -0.2) is 84.1 Å². The van der Waals surface area contributed by atoms with Crippen molar-refractivity contribution in [3.63, 3.8) is 0 Å². The zero-order valence-electron chi connectivity index (χ0n) is 52.1. The summed E-state index contributed by atoms with van der Waals surface area (Å²) in [5.41, 5.74) is 2.38. The van der Waals surface area contributed by atoms with E-state index in [4.69, 9.17) is 28.4 Å². The Labute approximate surface area is 492 Å². The van der Waals surface area contributed by atoms with Crippen LogP contribution in [0, 0.1) is 65.1 Å². The minimum absolute atomic E-state index is 0.00190. The molecule has 0 spiro atoms. The summed E-state index contributed by atoms with van der Waals surface area (Å²) in [6.45, 7) is 41.0. The van der Waals surface area contributed by atoms with Crippen LogP contribution in [0.1, 0.15) is 210 Å². The molecule has 0 aromatic heterocycles. The summed E-state index contributed by atoms with van der Waals surface area (Å²) >= 11 is 0. The monoisotopic (exact) mass is 1140 g/mol. The molecule has 12 fully saturated rings. The van der Waals surface area contributed by atoms with E-state index >= 15 is 0 Å². The molecule has 1 aliphatic heterocycles. The molecule has 11 saturated carbocycles. The van der Waals surface area contributed by atoms with E-state index in [0.717, 1.165) is 80.6 Å². The molecule has 10 atom stereocenters. The molecule has 13 heteroatoms. The largest absolute Gasteiger partial charge is 0.463 e. The fraction of sp³-hybridized carbons (Fsp3) is 0.739. The van der Waals surface area contributed by atoms with Crippen LogP contribution in [-0.2, 0) is 61.9 Å².